The Balaban J connectivity index is 1.61. The Morgan fingerprint density at radius 3 is 2.93 bits per heavy atom. The fraction of sp³-hybridized carbons (Fsp3) is 0.286. The number of anilines is 1. The summed E-state index contributed by atoms with van der Waals surface area (Å²) in [5.41, 5.74) is 0.818. The number of nitrogens with one attached hydrogen (secondary N) is 1. The smallest absolute Gasteiger partial charge is 0.257 e. The number of thiophene rings is 1. The van der Waals surface area contributed by atoms with E-state index in [0.29, 0.717) is 18.3 Å². The van der Waals surface area contributed by atoms with Crippen LogP contribution >= 0.6 is 23.1 Å². The molecule has 0 aliphatic heterocycles. The van der Waals surface area contributed by atoms with Crippen molar-refractivity contribution in [2.45, 2.75) is 24.8 Å². The Bertz CT molecular complexity index is 924. The lowest BCUT2D eigenvalue weighted by atomic mass is 10.3. The summed E-state index contributed by atoms with van der Waals surface area (Å²) in [5, 5.41) is 13.2. The molecule has 8 heteroatoms. The lowest BCUT2D eigenvalue weighted by Crippen LogP contribution is -2.33. The van der Waals surface area contributed by atoms with Gasteiger partial charge < -0.3 is 9.73 Å². The minimum Gasteiger partial charge on any atom is -0.419 e. The Morgan fingerprint density at radius 2 is 2.17 bits per heavy atom. The topological polar surface area (TPSA) is 71.3 Å². The van der Waals surface area contributed by atoms with Gasteiger partial charge in [0.2, 0.25) is 11.8 Å². The lowest BCUT2D eigenvalue weighted by molar-refractivity contribution is -0.117. The van der Waals surface area contributed by atoms with Crippen molar-refractivity contribution < 1.29 is 9.21 Å². The van der Waals surface area contributed by atoms with E-state index in [1.807, 2.05) is 52.8 Å². The maximum Gasteiger partial charge on any atom is 0.257 e. The molecular formula is C21H24N4O2S2. The Hall–Kier alpha value is -2.42. The van der Waals surface area contributed by atoms with E-state index in [9.17, 15) is 4.79 Å². The van der Waals surface area contributed by atoms with Crippen molar-refractivity contribution in [3.63, 3.8) is 0 Å². The molecule has 0 saturated heterocycles. The average molecular weight is 429 g/mol. The Kier molecular flexibility index (Phi) is 8.03. The summed E-state index contributed by atoms with van der Waals surface area (Å²) >= 11 is 3.20. The van der Waals surface area contributed by atoms with Gasteiger partial charge in [-0.2, -0.15) is 0 Å². The molecule has 2 heterocycles. The SMILES string of the molecule is C=CCSc1ccccc1NC(=O)CN(CCC)Cc1nnc(-c2cccs2)o1. The molecule has 0 saturated carbocycles. The van der Waals surface area contributed by atoms with Crippen LogP contribution < -0.4 is 5.32 Å². The van der Waals surface area contributed by atoms with Crippen molar-refractivity contribution in [2.75, 3.05) is 24.2 Å². The number of aromatic nitrogens is 2. The number of hydrogen-bond donors (Lipinski definition) is 1. The van der Waals surface area contributed by atoms with Crippen molar-refractivity contribution in [3.8, 4) is 10.8 Å². The van der Waals surface area contributed by atoms with Crippen LogP contribution in [0.15, 0.2) is 63.7 Å². The number of amides is 1. The van der Waals surface area contributed by atoms with E-state index in [-0.39, 0.29) is 12.5 Å². The van der Waals surface area contributed by atoms with Crippen LogP contribution in [0.5, 0.6) is 0 Å². The fourth-order valence-electron chi connectivity index (χ4n) is 2.78. The monoisotopic (exact) mass is 428 g/mol. The van der Waals surface area contributed by atoms with Gasteiger partial charge in [-0.1, -0.05) is 31.2 Å². The molecule has 1 aromatic carbocycles. The molecule has 0 bridgehead atoms. The van der Waals surface area contributed by atoms with Gasteiger partial charge in [-0.3, -0.25) is 9.69 Å². The molecule has 0 fully saturated rings. The third-order valence-electron chi connectivity index (χ3n) is 3.98. The predicted octanol–water partition coefficient (Wildman–Crippen LogP) is 4.93. The van der Waals surface area contributed by atoms with Gasteiger partial charge in [-0.05, 0) is 36.5 Å². The number of rotatable bonds is 11. The molecule has 1 N–H and O–H groups in total. The van der Waals surface area contributed by atoms with Crippen LogP contribution in [-0.2, 0) is 11.3 Å². The van der Waals surface area contributed by atoms with E-state index >= 15 is 0 Å². The minimum atomic E-state index is -0.0666. The highest BCUT2D eigenvalue weighted by atomic mass is 32.2. The molecule has 152 valence electrons. The first kappa shape index (κ1) is 21.3. The van der Waals surface area contributed by atoms with Crippen LogP contribution in [-0.4, -0.2) is 39.8 Å². The van der Waals surface area contributed by atoms with Gasteiger partial charge in [-0.15, -0.1) is 39.9 Å². The number of thioether (sulfide) groups is 1. The minimum absolute atomic E-state index is 0.0666. The summed E-state index contributed by atoms with van der Waals surface area (Å²) in [6, 6.07) is 11.7. The van der Waals surface area contributed by atoms with Crippen LogP contribution in [0.3, 0.4) is 0 Å². The van der Waals surface area contributed by atoms with Gasteiger partial charge in [0.1, 0.15) is 0 Å². The largest absolute Gasteiger partial charge is 0.419 e. The predicted molar refractivity (Wildman–Crippen MR) is 119 cm³/mol. The van der Waals surface area contributed by atoms with Crippen molar-refractivity contribution in [1.82, 2.24) is 15.1 Å². The summed E-state index contributed by atoms with van der Waals surface area (Å²) in [7, 11) is 0. The summed E-state index contributed by atoms with van der Waals surface area (Å²) < 4.78 is 5.77. The highest BCUT2D eigenvalue weighted by Crippen LogP contribution is 2.27. The molecule has 0 aliphatic rings. The van der Waals surface area contributed by atoms with Crippen LogP contribution in [0.2, 0.25) is 0 Å². The third-order valence-corrected chi connectivity index (χ3v) is 5.91. The zero-order valence-electron chi connectivity index (χ0n) is 16.3. The summed E-state index contributed by atoms with van der Waals surface area (Å²) in [4.78, 5) is 16.6. The molecule has 1 amide bonds. The van der Waals surface area contributed by atoms with Crippen LogP contribution in [0.25, 0.3) is 10.8 Å². The van der Waals surface area contributed by atoms with E-state index < -0.39 is 0 Å². The highest BCUT2D eigenvalue weighted by Gasteiger charge is 2.16. The second-order valence-electron chi connectivity index (χ2n) is 6.33. The number of hydrogen-bond acceptors (Lipinski definition) is 7. The molecule has 0 spiro atoms. The number of benzene rings is 1. The molecular weight excluding hydrogens is 404 g/mol. The molecule has 0 radical (unpaired) electrons. The first-order valence-corrected chi connectivity index (χ1v) is 11.3. The molecule has 0 atom stereocenters. The van der Waals surface area contributed by atoms with E-state index in [1.54, 1.807) is 23.1 Å². The highest BCUT2D eigenvalue weighted by molar-refractivity contribution is 7.99. The summed E-state index contributed by atoms with van der Waals surface area (Å²) in [6.07, 6.45) is 2.77. The van der Waals surface area contributed by atoms with E-state index in [4.69, 9.17) is 4.42 Å². The van der Waals surface area contributed by atoms with Crippen LogP contribution in [0.1, 0.15) is 19.2 Å². The van der Waals surface area contributed by atoms with Gasteiger partial charge >= 0.3 is 0 Å². The van der Waals surface area contributed by atoms with Crippen molar-refractivity contribution >= 4 is 34.7 Å². The van der Waals surface area contributed by atoms with Gasteiger partial charge in [0, 0.05) is 10.6 Å². The van der Waals surface area contributed by atoms with Crippen LogP contribution in [0.4, 0.5) is 5.69 Å². The maximum absolute atomic E-state index is 12.7. The number of para-hydroxylation sites is 1. The zero-order chi connectivity index (χ0) is 20.5. The Labute approximate surface area is 179 Å². The third kappa shape index (κ3) is 6.28. The standard InChI is InChI=1S/C21H24N4O2S2/c1-3-11-25(15-20-23-24-21(27-20)18-10-7-13-29-18)14-19(26)22-16-8-5-6-9-17(16)28-12-4-2/h4-10,13H,2-3,11-12,14-15H2,1H3,(H,22,26). The Morgan fingerprint density at radius 1 is 1.31 bits per heavy atom. The second kappa shape index (κ2) is 10.9. The molecule has 3 rings (SSSR count). The van der Waals surface area contributed by atoms with Gasteiger partial charge in [-0.25, -0.2) is 0 Å². The lowest BCUT2D eigenvalue weighted by Gasteiger charge is -2.19. The number of carbonyl (C=O) groups excluding carboxylic acids is 1. The molecule has 29 heavy (non-hydrogen) atoms. The van der Waals surface area contributed by atoms with Gasteiger partial charge in [0.05, 0.1) is 23.7 Å². The summed E-state index contributed by atoms with van der Waals surface area (Å²) in [6.45, 7) is 7.28. The average Bonchev–Trinajstić information content (AvgIpc) is 3.39. The van der Waals surface area contributed by atoms with Crippen molar-refractivity contribution in [3.05, 3.63) is 60.3 Å². The van der Waals surface area contributed by atoms with E-state index in [1.165, 1.54) is 0 Å². The molecule has 0 unspecified atom stereocenters. The molecule has 6 nitrogen and oxygen atoms in total. The van der Waals surface area contributed by atoms with Crippen molar-refractivity contribution in [1.29, 1.82) is 0 Å². The first-order chi connectivity index (χ1) is 14.2. The molecule has 3 aromatic rings. The van der Waals surface area contributed by atoms with Crippen molar-refractivity contribution in [2.24, 2.45) is 0 Å². The first-order valence-electron chi connectivity index (χ1n) is 9.40. The van der Waals surface area contributed by atoms with Gasteiger partial charge in [0.15, 0.2) is 0 Å². The van der Waals surface area contributed by atoms with E-state index in [0.717, 1.165) is 34.2 Å². The zero-order valence-corrected chi connectivity index (χ0v) is 18.0. The van der Waals surface area contributed by atoms with Gasteiger partial charge in [0.25, 0.3) is 5.89 Å². The second-order valence-corrected chi connectivity index (χ2v) is 8.34. The maximum atomic E-state index is 12.7. The number of nitrogens with zero attached hydrogens (tertiary/aromatic N) is 3. The number of carbonyl (C=O) groups is 1. The van der Waals surface area contributed by atoms with E-state index in [2.05, 4.69) is 29.0 Å². The normalized spacial score (nSPS) is 11.0. The van der Waals surface area contributed by atoms with Crippen LogP contribution in [0, 0.1) is 0 Å². The summed E-state index contributed by atoms with van der Waals surface area (Å²) in [5.74, 6) is 1.75. The molecule has 0 aliphatic carbocycles. The fourth-order valence-corrected chi connectivity index (χ4v) is 4.17. The molecule has 2 aromatic heterocycles. The quantitative estimate of drug-likeness (QED) is 0.345.